The fraction of sp³-hybridized carbons (Fsp3) is 0.391. The number of benzene rings is 1. The Morgan fingerprint density at radius 1 is 1.08 bits per heavy atom. The van der Waals surface area contributed by atoms with E-state index in [2.05, 4.69) is 15.6 Å². The van der Waals surface area contributed by atoms with Crippen LogP contribution in [-0.4, -0.2) is 39.1 Å². The molecule has 2 aromatic heterocycles. The van der Waals surface area contributed by atoms with Gasteiger partial charge >= 0.3 is 12.4 Å². The molecule has 15 heteroatoms. The average molecular weight is 542 g/mol. The van der Waals surface area contributed by atoms with Crippen molar-refractivity contribution in [1.29, 1.82) is 0 Å². The van der Waals surface area contributed by atoms with Crippen molar-refractivity contribution in [3.05, 3.63) is 47.2 Å². The van der Waals surface area contributed by atoms with Gasteiger partial charge in [-0.2, -0.15) is 31.4 Å². The predicted octanol–water partition coefficient (Wildman–Crippen LogP) is 3.95. The highest BCUT2D eigenvalue weighted by Gasteiger charge is 2.79. The van der Waals surface area contributed by atoms with Gasteiger partial charge in [-0.3, -0.25) is 14.9 Å². The van der Waals surface area contributed by atoms with Crippen LogP contribution in [0.5, 0.6) is 0 Å². The summed E-state index contributed by atoms with van der Waals surface area (Å²) in [6, 6.07) is 7.32. The molecule has 3 aromatic rings. The van der Waals surface area contributed by atoms with Gasteiger partial charge < -0.3 is 16.0 Å². The Hall–Kier alpha value is -4.04. The monoisotopic (exact) mass is 542 g/mol. The maximum atomic E-state index is 13.1. The van der Waals surface area contributed by atoms with Crippen molar-refractivity contribution >= 4 is 23.5 Å². The number of hydrogen-bond donors (Lipinski definition) is 3. The lowest BCUT2D eigenvalue weighted by atomic mass is 9.34. The van der Waals surface area contributed by atoms with Crippen LogP contribution in [0.2, 0.25) is 0 Å². The summed E-state index contributed by atoms with van der Waals surface area (Å²) in [7, 11) is 0. The number of halogens is 6. The first-order chi connectivity index (χ1) is 17.6. The van der Waals surface area contributed by atoms with Gasteiger partial charge in [0, 0.05) is 17.0 Å². The Balaban J connectivity index is 1.23. The zero-order valence-electron chi connectivity index (χ0n) is 19.4. The topological polar surface area (TPSA) is 142 Å². The number of amides is 2. The van der Waals surface area contributed by atoms with Crippen LogP contribution in [0.3, 0.4) is 0 Å². The van der Waals surface area contributed by atoms with Crippen molar-refractivity contribution in [2.45, 2.75) is 50.0 Å². The van der Waals surface area contributed by atoms with Crippen LogP contribution in [0, 0.1) is 5.41 Å². The Labute approximate surface area is 210 Å². The number of carbonyl (C=O) groups excluding carboxylic acids is 2. The molecule has 0 atom stereocenters. The number of carbonyl (C=O) groups is 2. The zero-order chi connectivity index (χ0) is 27.7. The van der Waals surface area contributed by atoms with Crippen molar-refractivity contribution in [3.8, 4) is 11.3 Å². The molecule has 0 aliphatic heterocycles. The summed E-state index contributed by atoms with van der Waals surface area (Å²) in [4.78, 5) is 24.3. The van der Waals surface area contributed by atoms with E-state index >= 15 is 0 Å². The summed E-state index contributed by atoms with van der Waals surface area (Å²) >= 11 is 0. The van der Waals surface area contributed by atoms with Crippen molar-refractivity contribution in [2.75, 3.05) is 11.1 Å². The van der Waals surface area contributed by atoms with E-state index in [4.69, 9.17) is 16.0 Å². The molecule has 9 nitrogen and oxygen atoms in total. The van der Waals surface area contributed by atoms with E-state index in [1.54, 1.807) is 0 Å². The second-order valence-corrected chi connectivity index (χ2v) is 9.83. The number of nitrogen functional groups attached to an aromatic ring is 1. The van der Waals surface area contributed by atoms with Crippen LogP contribution in [0.4, 0.5) is 38.0 Å². The second kappa shape index (κ2) is 8.23. The fourth-order valence-corrected chi connectivity index (χ4v) is 5.30. The Morgan fingerprint density at radius 3 is 2.26 bits per heavy atom. The maximum absolute atomic E-state index is 13.1. The lowest BCUT2D eigenvalue weighted by molar-refractivity contribution is -0.338. The molecule has 0 unspecified atom stereocenters. The van der Waals surface area contributed by atoms with Crippen LogP contribution >= 0.6 is 0 Å². The van der Waals surface area contributed by atoms with Crippen molar-refractivity contribution in [2.24, 2.45) is 11.1 Å². The highest BCUT2D eigenvalue weighted by Crippen LogP contribution is 2.78. The third-order valence-corrected chi connectivity index (χ3v) is 7.11. The van der Waals surface area contributed by atoms with Gasteiger partial charge in [-0.15, -0.1) is 0 Å². The maximum Gasteiger partial charge on any atom is 0.408 e. The quantitative estimate of drug-likeness (QED) is 0.386. The summed E-state index contributed by atoms with van der Waals surface area (Å²) in [6.45, 7) is -1.51. The minimum Gasteiger partial charge on any atom is -0.383 e. The lowest BCUT2D eigenvalue weighted by Crippen LogP contribution is -2.70. The van der Waals surface area contributed by atoms with Gasteiger partial charge in [-0.05, 0) is 24.8 Å². The average Bonchev–Trinajstić information content (AvgIpc) is 3.29. The highest BCUT2D eigenvalue weighted by atomic mass is 19.4. The molecule has 3 aliphatic carbocycles. The van der Waals surface area contributed by atoms with E-state index in [1.807, 2.05) is 0 Å². The van der Waals surface area contributed by atoms with Gasteiger partial charge in [-0.1, -0.05) is 29.4 Å². The molecule has 2 bridgehead atoms. The van der Waals surface area contributed by atoms with E-state index in [0.29, 0.717) is 15.9 Å². The van der Waals surface area contributed by atoms with Crippen LogP contribution in [0.1, 0.15) is 40.9 Å². The first-order valence-corrected chi connectivity index (χ1v) is 11.3. The summed E-state index contributed by atoms with van der Waals surface area (Å²) in [5, 5.41) is 10.1. The Morgan fingerprint density at radius 2 is 1.71 bits per heavy atom. The van der Waals surface area contributed by atoms with Crippen LogP contribution in [-0.2, 0) is 23.2 Å². The zero-order valence-corrected chi connectivity index (χ0v) is 19.4. The van der Waals surface area contributed by atoms with Gasteiger partial charge in [-0.25, -0.2) is 4.68 Å². The summed E-state index contributed by atoms with van der Waals surface area (Å²) in [5.41, 5.74) is 9.30. The molecule has 6 rings (SSSR count). The number of nitrogens with zero attached hydrogens (tertiary/aromatic N) is 3. The molecule has 3 fully saturated rings. The number of rotatable bonds is 7. The number of primary amides is 1. The SMILES string of the molecule is NC(=O)c1c(-c2ccc(CC(=O)Nc3cc(C45CC(C(F)(F)F)(C4)C5)no3)cc2)nn(CC(F)(F)F)c1N. The Bertz CT molecular complexity index is 1400. The summed E-state index contributed by atoms with van der Waals surface area (Å²) in [5.74, 6) is -2.06. The molecule has 0 radical (unpaired) electrons. The second-order valence-electron chi connectivity index (χ2n) is 9.83. The normalized spacial score (nSPS) is 22.5. The van der Waals surface area contributed by atoms with Crippen LogP contribution < -0.4 is 16.8 Å². The van der Waals surface area contributed by atoms with Gasteiger partial charge in [0.25, 0.3) is 5.91 Å². The first-order valence-electron chi connectivity index (χ1n) is 11.3. The third-order valence-electron chi connectivity index (χ3n) is 7.11. The molecule has 202 valence electrons. The van der Waals surface area contributed by atoms with E-state index < -0.39 is 47.4 Å². The van der Waals surface area contributed by atoms with E-state index in [9.17, 15) is 35.9 Å². The number of aromatic nitrogens is 3. The lowest BCUT2D eigenvalue weighted by Gasteiger charge is -2.69. The summed E-state index contributed by atoms with van der Waals surface area (Å²) in [6.07, 6.45) is -9.15. The number of anilines is 2. The van der Waals surface area contributed by atoms with Crippen molar-refractivity contribution in [3.63, 3.8) is 0 Å². The van der Waals surface area contributed by atoms with Gasteiger partial charge in [0.2, 0.25) is 11.8 Å². The first kappa shape index (κ1) is 25.6. The summed E-state index contributed by atoms with van der Waals surface area (Å²) < 4.78 is 83.2. The molecule has 0 spiro atoms. The van der Waals surface area contributed by atoms with Crippen molar-refractivity contribution < 1.29 is 40.5 Å². The minimum atomic E-state index is -4.63. The molecular weight excluding hydrogens is 522 g/mol. The number of nitrogens with one attached hydrogen (secondary N) is 1. The van der Waals surface area contributed by atoms with Crippen molar-refractivity contribution in [1.82, 2.24) is 14.9 Å². The van der Waals surface area contributed by atoms with Crippen LogP contribution in [0.15, 0.2) is 34.9 Å². The molecule has 2 amide bonds. The smallest absolute Gasteiger partial charge is 0.383 e. The van der Waals surface area contributed by atoms with E-state index in [-0.39, 0.29) is 48.4 Å². The number of hydrogen-bond acceptors (Lipinski definition) is 6. The van der Waals surface area contributed by atoms with Gasteiger partial charge in [0.05, 0.1) is 17.5 Å². The van der Waals surface area contributed by atoms with E-state index in [1.165, 1.54) is 30.3 Å². The van der Waals surface area contributed by atoms with Crippen LogP contribution in [0.25, 0.3) is 11.3 Å². The fourth-order valence-electron chi connectivity index (χ4n) is 5.30. The molecule has 2 heterocycles. The molecular formula is C23H20F6N6O3. The third kappa shape index (κ3) is 4.24. The molecule has 3 saturated carbocycles. The minimum absolute atomic E-state index is 0.00387. The predicted molar refractivity (Wildman–Crippen MR) is 120 cm³/mol. The molecule has 0 saturated heterocycles. The Kier molecular flexibility index (Phi) is 5.54. The standard InChI is InChI=1S/C23H20F6N6O3/c24-22(25,26)10-35-18(30)16(19(31)37)17(33-35)12-3-1-11(2-4-12)5-14(36)32-15-6-13(34-38-15)20-7-21(8-20,9-20)23(27,28)29/h1-4,6H,5,7-10,30H2,(H2,31,37)(H,32,36). The number of alkyl halides is 6. The van der Waals surface area contributed by atoms with Gasteiger partial charge in [0.15, 0.2) is 0 Å². The van der Waals surface area contributed by atoms with Gasteiger partial charge in [0.1, 0.15) is 23.6 Å². The molecule has 5 N–H and O–H groups in total. The largest absolute Gasteiger partial charge is 0.408 e. The highest BCUT2D eigenvalue weighted by molar-refractivity contribution is 6.03. The molecule has 3 aliphatic rings. The molecule has 38 heavy (non-hydrogen) atoms. The number of nitrogens with two attached hydrogens (primary N) is 2. The molecule has 1 aromatic carbocycles. The van der Waals surface area contributed by atoms with E-state index in [0.717, 1.165) is 0 Å².